The number of amides is 1. The summed E-state index contributed by atoms with van der Waals surface area (Å²) in [6.07, 6.45) is 0. The van der Waals surface area contributed by atoms with Gasteiger partial charge in [-0.1, -0.05) is 23.2 Å². The standard InChI is InChI=1S/C11H7BrCl2N2OS/c12-5-1-2-7(9(14)8(5)13)16-11(17)10-6(15)3-4-18-10/h1-4H,15H2,(H,16,17). The second-order valence-corrected chi connectivity index (χ2v) is 5.91. The molecular formula is C11H7BrCl2N2OS. The van der Waals surface area contributed by atoms with E-state index in [0.29, 0.717) is 25.7 Å². The van der Waals surface area contributed by atoms with Gasteiger partial charge in [0, 0.05) is 4.47 Å². The first-order valence-electron chi connectivity index (χ1n) is 4.78. The number of nitrogen functional groups attached to an aromatic ring is 1. The van der Waals surface area contributed by atoms with Crippen LogP contribution in [0.5, 0.6) is 0 Å². The highest BCUT2D eigenvalue weighted by Crippen LogP contribution is 2.36. The number of hydrogen-bond acceptors (Lipinski definition) is 3. The monoisotopic (exact) mass is 364 g/mol. The van der Waals surface area contributed by atoms with Gasteiger partial charge in [0.15, 0.2) is 0 Å². The fourth-order valence-electron chi connectivity index (χ4n) is 1.31. The summed E-state index contributed by atoms with van der Waals surface area (Å²) >= 11 is 16.5. The Morgan fingerprint density at radius 1 is 1.28 bits per heavy atom. The first kappa shape index (κ1) is 13.7. The van der Waals surface area contributed by atoms with Crippen LogP contribution in [0.4, 0.5) is 11.4 Å². The predicted octanol–water partition coefficient (Wildman–Crippen LogP) is 4.65. The lowest BCUT2D eigenvalue weighted by atomic mass is 10.3. The zero-order chi connectivity index (χ0) is 13.3. The molecule has 3 N–H and O–H groups in total. The van der Waals surface area contributed by atoms with Crippen molar-refractivity contribution in [3.63, 3.8) is 0 Å². The largest absolute Gasteiger partial charge is 0.397 e. The van der Waals surface area contributed by atoms with Gasteiger partial charge in [-0.15, -0.1) is 11.3 Å². The van der Waals surface area contributed by atoms with E-state index >= 15 is 0 Å². The minimum absolute atomic E-state index is 0.287. The van der Waals surface area contributed by atoms with Gasteiger partial charge in [-0.25, -0.2) is 0 Å². The first-order chi connectivity index (χ1) is 8.50. The van der Waals surface area contributed by atoms with Crippen LogP contribution in [-0.2, 0) is 0 Å². The third-order valence-electron chi connectivity index (χ3n) is 2.19. The summed E-state index contributed by atoms with van der Waals surface area (Å²) in [5.74, 6) is -0.303. The Morgan fingerprint density at radius 2 is 2.00 bits per heavy atom. The summed E-state index contributed by atoms with van der Waals surface area (Å²) in [5.41, 5.74) is 6.56. The van der Waals surface area contributed by atoms with Gasteiger partial charge in [0.2, 0.25) is 0 Å². The van der Waals surface area contributed by atoms with Crippen LogP contribution in [0, 0.1) is 0 Å². The molecule has 0 atom stereocenters. The summed E-state index contributed by atoms with van der Waals surface area (Å²) in [7, 11) is 0. The van der Waals surface area contributed by atoms with Gasteiger partial charge in [0.25, 0.3) is 5.91 Å². The molecule has 0 spiro atoms. The molecular weight excluding hydrogens is 359 g/mol. The second kappa shape index (κ2) is 5.48. The number of anilines is 2. The molecule has 1 aromatic heterocycles. The number of benzene rings is 1. The molecule has 1 aromatic carbocycles. The molecule has 2 aromatic rings. The molecule has 0 bridgehead atoms. The Kier molecular flexibility index (Phi) is 4.17. The van der Waals surface area contributed by atoms with Crippen molar-refractivity contribution in [2.75, 3.05) is 11.1 Å². The number of carbonyl (C=O) groups is 1. The van der Waals surface area contributed by atoms with E-state index in [1.165, 1.54) is 11.3 Å². The summed E-state index contributed by atoms with van der Waals surface area (Å²) in [4.78, 5) is 12.4. The molecule has 1 heterocycles. The maximum absolute atomic E-state index is 12.0. The van der Waals surface area contributed by atoms with E-state index in [1.54, 1.807) is 23.6 Å². The van der Waals surface area contributed by atoms with Crippen molar-refractivity contribution < 1.29 is 4.79 Å². The van der Waals surface area contributed by atoms with Gasteiger partial charge in [-0.2, -0.15) is 0 Å². The topological polar surface area (TPSA) is 55.1 Å². The summed E-state index contributed by atoms with van der Waals surface area (Å²) in [5, 5.41) is 5.07. The van der Waals surface area contributed by atoms with Gasteiger partial charge < -0.3 is 11.1 Å². The number of thiophene rings is 1. The summed E-state index contributed by atoms with van der Waals surface area (Å²) in [6, 6.07) is 5.05. The third kappa shape index (κ3) is 2.64. The molecule has 2 rings (SSSR count). The summed E-state index contributed by atoms with van der Waals surface area (Å²) in [6.45, 7) is 0. The smallest absolute Gasteiger partial charge is 0.267 e. The third-order valence-corrected chi connectivity index (χ3v) is 4.89. The van der Waals surface area contributed by atoms with E-state index in [0.717, 1.165) is 0 Å². The normalized spacial score (nSPS) is 10.4. The Balaban J connectivity index is 2.28. The van der Waals surface area contributed by atoms with Crippen molar-refractivity contribution >= 4 is 67.8 Å². The Bertz CT molecular complexity index is 615. The molecule has 0 aliphatic carbocycles. The molecule has 0 fully saturated rings. The van der Waals surface area contributed by atoms with Crippen molar-refractivity contribution in [3.05, 3.63) is 43.0 Å². The number of nitrogens with one attached hydrogen (secondary N) is 1. The van der Waals surface area contributed by atoms with Crippen LogP contribution in [0.3, 0.4) is 0 Å². The number of carbonyl (C=O) groups excluding carboxylic acids is 1. The van der Waals surface area contributed by atoms with Crippen LogP contribution in [0.1, 0.15) is 9.67 Å². The lowest BCUT2D eigenvalue weighted by Gasteiger charge is -2.08. The van der Waals surface area contributed by atoms with E-state index in [-0.39, 0.29) is 10.9 Å². The van der Waals surface area contributed by atoms with Gasteiger partial charge in [-0.3, -0.25) is 4.79 Å². The number of halogens is 3. The van der Waals surface area contributed by atoms with Gasteiger partial charge >= 0.3 is 0 Å². The molecule has 18 heavy (non-hydrogen) atoms. The van der Waals surface area contributed by atoms with Crippen molar-refractivity contribution in [1.29, 1.82) is 0 Å². The molecule has 94 valence electrons. The average molecular weight is 366 g/mol. The zero-order valence-corrected chi connectivity index (χ0v) is 12.8. The Labute approximate surface area is 126 Å². The highest BCUT2D eigenvalue weighted by Gasteiger charge is 2.15. The Morgan fingerprint density at radius 3 is 2.61 bits per heavy atom. The van der Waals surface area contributed by atoms with Crippen LogP contribution in [0.2, 0.25) is 10.0 Å². The molecule has 0 radical (unpaired) electrons. The highest BCUT2D eigenvalue weighted by molar-refractivity contribution is 9.10. The van der Waals surface area contributed by atoms with Crippen LogP contribution < -0.4 is 11.1 Å². The molecule has 1 amide bonds. The second-order valence-electron chi connectivity index (χ2n) is 3.38. The van der Waals surface area contributed by atoms with E-state index in [4.69, 9.17) is 28.9 Å². The molecule has 7 heteroatoms. The quantitative estimate of drug-likeness (QED) is 0.761. The van der Waals surface area contributed by atoms with Crippen molar-refractivity contribution in [2.45, 2.75) is 0 Å². The maximum Gasteiger partial charge on any atom is 0.267 e. The predicted molar refractivity (Wildman–Crippen MR) is 80.8 cm³/mol. The molecule has 0 aliphatic heterocycles. The van der Waals surface area contributed by atoms with Crippen LogP contribution in [0.15, 0.2) is 28.1 Å². The average Bonchev–Trinajstić information content (AvgIpc) is 2.76. The number of hydrogen-bond donors (Lipinski definition) is 2. The van der Waals surface area contributed by atoms with Crippen LogP contribution in [0.25, 0.3) is 0 Å². The summed E-state index contributed by atoms with van der Waals surface area (Å²) < 4.78 is 0.669. The molecule has 0 saturated carbocycles. The zero-order valence-electron chi connectivity index (χ0n) is 8.84. The molecule has 3 nitrogen and oxygen atoms in total. The van der Waals surface area contributed by atoms with Crippen LogP contribution >= 0.6 is 50.5 Å². The van der Waals surface area contributed by atoms with E-state index in [1.807, 2.05) is 0 Å². The van der Waals surface area contributed by atoms with E-state index < -0.39 is 0 Å². The molecule has 0 aliphatic rings. The van der Waals surface area contributed by atoms with Crippen molar-refractivity contribution in [1.82, 2.24) is 0 Å². The van der Waals surface area contributed by atoms with Crippen molar-refractivity contribution in [2.24, 2.45) is 0 Å². The highest BCUT2D eigenvalue weighted by atomic mass is 79.9. The van der Waals surface area contributed by atoms with E-state index in [9.17, 15) is 4.79 Å². The molecule has 0 unspecified atom stereocenters. The number of nitrogens with two attached hydrogens (primary N) is 1. The van der Waals surface area contributed by atoms with Gasteiger partial charge in [0.05, 0.1) is 21.4 Å². The first-order valence-corrected chi connectivity index (χ1v) is 7.21. The lowest BCUT2D eigenvalue weighted by Crippen LogP contribution is -2.12. The van der Waals surface area contributed by atoms with Gasteiger partial charge in [-0.05, 0) is 39.5 Å². The minimum Gasteiger partial charge on any atom is -0.397 e. The van der Waals surface area contributed by atoms with E-state index in [2.05, 4.69) is 21.2 Å². The minimum atomic E-state index is -0.303. The fraction of sp³-hybridized carbons (Fsp3) is 0. The fourth-order valence-corrected chi connectivity index (χ4v) is 2.84. The Hall–Kier alpha value is -0.750. The van der Waals surface area contributed by atoms with Gasteiger partial charge in [0.1, 0.15) is 4.88 Å². The van der Waals surface area contributed by atoms with Crippen LogP contribution in [-0.4, -0.2) is 5.91 Å². The number of rotatable bonds is 2. The maximum atomic E-state index is 12.0. The molecule has 0 saturated heterocycles. The lowest BCUT2D eigenvalue weighted by molar-refractivity contribution is 0.103. The van der Waals surface area contributed by atoms with Crippen molar-refractivity contribution in [3.8, 4) is 0 Å². The SMILES string of the molecule is Nc1ccsc1C(=O)Nc1ccc(Br)c(Cl)c1Cl.